The SMILES string of the molecule is Cc1ccc(NC(=O)C(C)(CC(=O)O)C2CCCCC2)cc1C(=O)NC(C)C. The van der Waals surface area contributed by atoms with Gasteiger partial charge in [-0.05, 0) is 64.2 Å². The quantitative estimate of drug-likeness (QED) is 0.654. The average Bonchev–Trinajstić information content (AvgIpc) is 2.62. The summed E-state index contributed by atoms with van der Waals surface area (Å²) in [6.07, 6.45) is 4.72. The Labute approximate surface area is 167 Å². The van der Waals surface area contributed by atoms with E-state index in [1.54, 1.807) is 25.1 Å². The monoisotopic (exact) mass is 388 g/mol. The van der Waals surface area contributed by atoms with Gasteiger partial charge < -0.3 is 15.7 Å². The van der Waals surface area contributed by atoms with Crippen molar-refractivity contribution in [2.45, 2.75) is 72.3 Å². The summed E-state index contributed by atoms with van der Waals surface area (Å²) in [5.74, 6) is -1.40. The van der Waals surface area contributed by atoms with Gasteiger partial charge in [-0.2, -0.15) is 0 Å². The molecular formula is C22H32N2O4. The predicted octanol–water partition coefficient (Wildman–Crippen LogP) is 4.13. The summed E-state index contributed by atoms with van der Waals surface area (Å²) < 4.78 is 0. The summed E-state index contributed by atoms with van der Waals surface area (Å²) in [6, 6.07) is 5.21. The summed E-state index contributed by atoms with van der Waals surface area (Å²) in [7, 11) is 0. The largest absolute Gasteiger partial charge is 0.481 e. The minimum atomic E-state index is -0.975. The normalized spacial score (nSPS) is 17.0. The highest BCUT2D eigenvalue weighted by Crippen LogP contribution is 2.42. The second kappa shape index (κ2) is 9.22. The molecule has 1 unspecified atom stereocenters. The number of carbonyl (C=O) groups is 3. The van der Waals surface area contributed by atoms with E-state index in [0.717, 1.165) is 37.7 Å². The first-order valence-corrected chi connectivity index (χ1v) is 10.1. The summed E-state index contributed by atoms with van der Waals surface area (Å²) in [4.78, 5) is 37.0. The summed E-state index contributed by atoms with van der Waals surface area (Å²) in [5, 5.41) is 15.1. The predicted molar refractivity (Wildman–Crippen MR) is 109 cm³/mol. The third-order valence-corrected chi connectivity index (χ3v) is 5.70. The van der Waals surface area contributed by atoms with Gasteiger partial charge in [0.2, 0.25) is 5.91 Å². The van der Waals surface area contributed by atoms with Crippen LogP contribution in [-0.2, 0) is 9.59 Å². The van der Waals surface area contributed by atoms with E-state index in [1.807, 2.05) is 20.8 Å². The van der Waals surface area contributed by atoms with Crippen molar-refractivity contribution >= 4 is 23.5 Å². The van der Waals surface area contributed by atoms with Gasteiger partial charge in [0, 0.05) is 17.3 Å². The van der Waals surface area contributed by atoms with Crippen molar-refractivity contribution in [2.75, 3.05) is 5.32 Å². The fourth-order valence-corrected chi connectivity index (χ4v) is 4.02. The third-order valence-electron chi connectivity index (χ3n) is 5.70. The number of carboxylic acid groups (broad SMARTS) is 1. The van der Waals surface area contributed by atoms with Gasteiger partial charge in [0.05, 0.1) is 11.8 Å². The molecule has 1 fully saturated rings. The van der Waals surface area contributed by atoms with Gasteiger partial charge in [-0.15, -0.1) is 0 Å². The number of hydrogen-bond acceptors (Lipinski definition) is 3. The van der Waals surface area contributed by atoms with Gasteiger partial charge in [-0.1, -0.05) is 25.3 Å². The molecule has 0 bridgehead atoms. The minimum Gasteiger partial charge on any atom is -0.481 e. The topological polar surface area (TPSA) is 95.5 Å². The Balaban J connectivity index is 2.25. The molecule has 0 saturated heterocycles. The van der Waals surface area contributed by atoms with Crippen LogP contribution >= 0.6 is 0 Å². The molecule has 2 rings (SSSR count). The van der Waals surface area contributed by atoms with Crippen molar-refractivity contribution < 1.29 is 19.5 Å². The zero-order valence-corrected chi connectivity index (χ0v) is 17.3. The highest BCUT2D eigenvalue weighted by atomic mass is 16.4. The average molecular weight is 389 g/mol. The van der Waals surface area contributed by atoms with Gasteiger partial charge in [0.1, 0.15) is 0 Å². The molecule has 0 radical (unpaired) electrons. The Morgan fingerprint density at radius 3 is 2.39 bits per heavy atom. The zero-order valence-electron chi connectivity index (χ0n) is 17.3. The van der Waals surface area contributed by atoms with Crippen molar-refractivity contribution in [3.05, 3.63) is 29.3 Å². The molecular weight excluding hydrogens is 356 g/mol. The van der Waals surface area contributed by atoms with E-state index in [0.29, 0.717) is 11.3 Å². The first-order chi connectivity index (χ1) is 13.1. The lowest BCUT2D eigenvalue weighted by molar-refractivity contribution is -0.145. The molecule has 6 heteroatoms. The van der Waals surface area contributed by atoms with Crippen LogP contribution < -0.4 is 10.6 Å². The second-order valence-electron chi connectivity index (χ2n) is 8.43. The molecule has 1 aliphatic rings. The number of amides is 2. The van der Waals surface area contributed by atoms with E-state index in [4.69, 9.17) is 0 Å². The number of nitrogens with one attached hydrogen (secondary N) is 2. The fraction of sp³-hybridized carbons (Fsp3) is 0.591. The van der Waals surface area contributed by atoms with E-state index >= 15 is 0 Å². The molecule has 1 aromatic rings. The Morgan fingerprint density at radius 2 is 1.82 bits per heavy atom. The summed E-state index contributed by atoms with van der Waals surface area (Å²) in [5.41, 5.74) is 0.857. The van der Waals surface area contributed by atoms with Crippen LogP contribution in [0, 0.1) is 18.3 Å². The van der Waals surface area contributed by atoms with Crippen molar-refractivity contribution in [3.63, 3.8) is 0 Å². The van der Waals surface area contributed by atoms with Crippen LogP contribution in [0.3, 0.4) is 0 Å². The Morgan fingerprint density at radius 1 is 1.18 bits per heavy atom. The molecule has 0 aromatic heterocycles. The van der Waals surface area contributed by atoms with Gasteiger partial charge in [-0.3, -0.25) is 14.4 Å². The smallest absolute Gasteiger partial charge is 0.304 e. The van der Waals surface area contributed by atoms with E-state index in [9.17, 15) is 19.5 Å². The molecule has 154 valence electrons. The highest BCUT2D eigenvalue weighted by molar-refractivity contribution is 6.00. The lowest BCUT2D eigenvalue weighted by atomic mass is 9.67. The Bertz CT molecular complexity index is 738. The molecule has 0 aliphatic heterocycles. The summed E-state index contributed by atoms with van der Waals surface area (Å²) >= 11 is 0. The van der Waals surface area contributed by atoms with Crippen LogP contribution in [0.25, 0.3) is 0 Å². The maximum absolute atomic E-state index is 13.1. The van der Waals surface area contributed by atoms with Crippen molar-refractivity contribution in [1.82, 2.24) is 5.32 Å². The van der Waals surface area contributed by atoms with Crippen LogP contribution in [0.5, 0.6) is 0 Å². The number of anilines is 1. The Kier molecular flexibility index (Phi) is 7.22. The number of aryl methyl sites for hydroxylation is 1. The number of hydrogen-bond donors (Lipinski definition) is 3. The fourth-order valence-electron chi connectivity index (χ4n) is 4.02. The molecule has 1 saturated carbocycles. The first kappa shape index (κ1) is 21.9. The van der Waals surface area contributed by atoms with Gasteiger partial charge in [0.15, 0.2) is 0 Å². The highest BCUT2D eigenvalue weighted by Gasteiger charge is 2.43. The van der Waals surface area contributed by atoms with Gasteiger partial charge in [0.25, 0.3) is 5.91 Å². The lowest BCUT2D eigenvalue weighted by Crippen LogP contribution is -2.42. The number of benzene rings is 1. The van der Waals surface area contributed by atoms with Crippen molar-refractivity contribution in [2.24, 2.45) is 11.3 Å². The van der Waals surface area contributed by atoms with Crippen LogP contribution in [-0.4, -0.2) is 28.9 Å². The van der Waals surface area contributed by atoms with Crippen LogP contribution in [0.4, 0.5) is 5.69 Å². The Hall–Kier alpha value is -2.37. The molecule has 28 heavy (non-hydrogen) atoms. The molecule has 0 spiro atoms. The van der Waals surface area contributed by atoms with E-state index in [1.165, 1.54) is 0 Å². The van der Waals surface area contributed by atoms with E-state index < -0.39 is 11.4 Å². The van der Waals surface area contributed by atoms with Crippen molar-refractivity contribution in [1.29, 1.82) is 0 Å². The number of carboxylic acids is 1. The van der Waals surface area contributed by atoms with Gasteiger partial charge >= 0.3 is 5.97 Å². The zero-order chi connectivity index (χ0) is 20.9. The van der Waals surface area contributed by atoms with Crippen LogP contribution in [0.2, 0.25) is 0 Å². The van der Waals surface area contributed by atoms with Crippen LogP contribution in [0.15, 0.2) is 18.2 Å². The molecule has 0 heterocycles. The number of rotatable bonds is 7. The number of aliphatic carboxylic acids is 1. The molecule has 1 atom stereocenters. The molecule has 2 amide bonds. The maximum Gasteiger partial charge on any atom is 0.304 e. The van der Waals surface area contributed by atoms with Crippen molar-refractivity contribution in [3.8, 4) is 0 Å². The van der Waals surface area contributed by atoms with Gasteiger partial charge in [-0.25, -0.2) is 0 Å². The lowest BCUT2D eigenvalue weighted by Gasteiger charge is -2.37. The molecule has 1 aromatic carbocycles. The summed E-state index contributed by atoms with van der Waals surface area (Å²) in [6.45, 7) is 7.38. The molecule has 1 aliphatic carbocycles. The standard InChI is InChI=1S/C22H32N2O4/c1-14(2)23-20(27)18-12-17(11-10-15(18)3)24-21(28)22(4,13-19(25)26)16-8-6-5-7-9-16/h10-12,14,16H,5-9,13H2,1-4H3,(H,23,27)(H,24,28)(H,25,26). The minimum absolute atomic E-state index is 0.00954. The van der Waals surface area contributed by atoms with E-state index in [-0.39, 0.29) is 30.2 Å². The van der Waals surface area contributed by atoms with Crippen LogP contribution in [0.1, 0.15) is 75.2 Å². The molecule has 6 nitrogen and oxygen atoms in total. The second-order valence-corrected chi connectivity index (χ2v) is 8.43. The molecule has 3 N–H and O–H groups in total. The maximum atomic E-state index is 13.1. The van der Waals surface area contributed by atoms with E-state index in [2.05, 4.69) is 10.6 Å². The third kappa shape index (κ3) is 5.33. The number of carbonyl (C=O) groups excluding carboxylic acids is 2. The first-order valence-electron chi connectivity index (χ1n) is 10.1.